The fourth-order valence-corrected chi connectivity index (χ4v) is 4.63. The van der Waals surface area contributed by atoms with Crippen molar-refractivity contribution < 1.29 is 4.74 Å². The van der Waals surface area contributed by atoms with E-state index in [2.05, 4.69) is 42.8 Å². The predicted molar refractivity (Wildman–Crippen MR) is 110 cm³/mol. The topological polar surface area (TPSA) is 15.7 Å². The molecule has 2 aliphatic heterocycles. The van der Waals surface area contributed by atoms with Crippen LogP contribution < -0.4 is 0 Å². The molecule has 2 heterocycles. The number of likely N-dealkylation sites (N-methyl/N-ethyl adjacent to an activating group) is 1. The van der Waals surface area contributed by atoms with Crippen molar-refractivity contribution in [3.05, 3.63) is 34.9 Å². The van der Waals surface area contributed by atoms with Crippen molar-refractivity contribution in [2.45, 2.75) is 45.6 Å². The van der Waals surface area contributed by atoms with E-state index in [1.807, 2.05) is 12.1 Å². The maximum atomic E-state index is 6.52. The first kappa shape index (κ1) is 20.1. The molecular weight excluding hydrogens is 344 g/mol. The molecule has 1 aromatic rings. The zero-order chi connectivity index (χ0) is 18.6. The van der Waals surface area contributed by atoms with E-state index in [1.165, 1.54) is 44.7 Å². The molecule has 26 heavy (non-hydrogen) atoms. The maximum Gasteiger partial charge on any atom is 0.0603 e. The minimum Gasteiger partial charge on any atom is -0.378 e. The molecule has 2 atom stereocenters. The van der Waals surface area contributed by atoms with E-state index in [0.717, 1.165) is 30.9 Å². The number of rotatable bonds is 6. The average Bonchev–Trinajstić information content (AvgIpc) is 2.63. The van der Waals surface area contributed by atoms with Crippen molar-refractivity contribution in [3.63, 3.8) is 0 Å². The smallest absolute Gasteiger partial charge is 0.0603 e. The van der Waals surface area contributed by atoms with Gasteiger partial charge >= 0.3 is 0 Å². The summed E-state index contributed by atoms with van der Waals surface area (Å²) in [5.74, 6) is 0.574. The largest absolute Gasteiger partial charge is 0.378 e. The van der Waals surface area contributed by atoms with Crippen molar-refractivity contribution >= 4 is 11.6 Å². The first-order valence-corrected chi connectivity index (χ1v) is 10.6. The van der Waals surface area contributed by atoms with Gasteiger partial charge in [0.2, 0.25) is 0 Å². The average molecular weight is 379 g/mol. The Kier molecular flexibility index (Phi) is 7.01. The summed E-state index contributed by atoms with van der Waals surface area (Å²) in [6.07, 6.45) is 5.00. The van der Waals surface area contributed by atoms with Crippen molar-refractivity contribution in [1.82, 2.24) is 9.80 Å². The normalized spacial score (nSPS) is 28.6. The minimum absolute atomic E-state index is 0.307. The molecule has 0 bridgehead atoms. The molecule has 3 nitrogen and oxygen atoms in total. The first-order chi connectivity index (χ1) is 12.5. The molecule has 2 saturated heterocycles. The second-order valence-corrected chi connectivity index (χ2v) is 9.18. The fourth-order valence-electron chi connectivity index (χ4n) is 4.43. The van der Waals surface area contributed by atoms with Gasteiger partial charge in [0.15, 0.2) is 0 Å². The van der Waals surface area contributed by atoms with E-state index in [1.54, 1.807) is 0 Å². The summed E-state index contributed by atoms with van der Waals surface area (Å²) in [6.45, 7) is 11.4. The maximum absolute atomic E-state index is 6.52. The zero-order valence-corrected chi connectivity index (χ0v) is 17.5. The summed E-state index contributed by atoms with van der Waals surface area (Å²) < 4.78 is 6.12. The second-order valence-electron chi connectivity index (χ2n) is 8.77. The molecule has 0 radical (unpaired) electrons. The van der Waals surface area contributed by atoms with Gasteiger partial charge in [-0.1, -0.05) is 43.6 Å². The zero-order valence-electron chi connectivity index (χ0n) is 16.7. The number of piperazine rings is 1. The lowest BCUT2D eigenvalue weighted by Gasteiger charge is -2.44. The number of nitrogens with zero attached hydrogens (tertiary/aromatic N) is 2. The molecule has 0 spiro atoms. The molecule has 0 aliphatic carbocycles. The quantitative estimate of drug-likeness (QED) is 0.732. The third kappa shape index (κ3) is 5.22. The van der Waals surface area contributed by atoms with E-state index in [4.69, 9.17) is 16.3 Å². The highest BCUT2D eigenvalue weighted by molar-refractivity contribution is 6.31. The Labute approximate surface area is 164 Å². The summed E-state index contributed by atoms with van der Waals surface area (Å²) in [6, 6.07) is 8.39. The van der Waals surface area contributed by atoms with Gasteiger partial charge in [-0.2, -0.15) is 0 Å². The van der Waals surface area contributed by atoms with Crippen LogP contribution in [0, 0.1) is 11.3 Å². The van der Waals surface area contributed by atoms with E-state index in [-0.39, 0.29) is 0 Å². The van der Waals surface area contributed by atoms with Gasteiger partial charge < -0.3 is 14.5 Å². The molecule has 2 aliphatic rings. The number of ether oxygens (including phenoxy) is 1. The Morgan fingerprint density at radius 2 is 1.92 bits per heavy atom. The summed E-state index contributed by atoms with van der Waals surface area (Å²) in [4.78, 5) is 5.08. The van der Waals surface area contributed by atoms with E-state index < -0.39 is 0 Å². The van der Waals surface area contributed by atoms with Gasteiger partial charge in [0.25, 0.3) is 0 Å². The van der Waals surface area contributed by atoms with Crippen molar-refractivity contribution in [3.8, 4) is 0 Å². The Morgan fingerprint density at radius 3 is 2.62 bits per heavy atom. The van der Waals surface area contributed by atoms with Crippen LogP contribution in [-0.2, 0) is 11.2 Å². The van der Waals surface area contributed by atoms with Crippen molar-refractivity contribution in [2.24, 2.45) is 11.3 Å². The van der Waals surface area contributed by atoms with Gasteiger partial charge in [-0.3, -0.25) is 0 Å². The lowest BCUT2D eigenvalue weighted by molar-refractivity contribution is -0.0748. The van der Waals surface area contributed by atoms with Gasteiger partial charge in [-0.15, -0.1) is 0 Å². The fraction of sp³-hybridized carbons (Fsp3) is 0.727. The van der Waals surface area contributed by atoms with Gasteiger partial charge in [0, 0.05) is 37.8 Å². The standard InChI is InChI=1S/C22H35ClN2O/c1-18(2)21-17-22(9-15-26-21,16-19-6-4-5-7-20(19)23)8-10-25-13-11-24(3)12-14-25/h4-7,18,21H,8-17H2,1-3H3/t21-,22-/m0/s1. The SMILES string of the molecule is CC(C)[C@@H]1C[C@](CCN2CCN(C)CC2)(Cc2ccccc2Cl)CCO1. The number of hydrogen-bond donors (Lipinski definition) is 0. The van der Waals surface area contributed by atoms with Crippen LogP contribution in [0.25, 0.3) is 0 Å². The van der Waals surface area contributed by atoms with Crippen LogP contribution in [0.4, 0.5) is 0 Å². The van der Waals surface area contributed by atoms with Crippen LogP contribution in [0.1, 0.15) is 38.7 Å². The number of hydrogen-bond acceptors (Lipinski definition) is 3. The highest BCUT2D eigenvalue weighted by Crippen LogP contribution is 2.43. The minimum atomic E-state index is 0.307. The van der Waals surface area contributed by atoms with Crippen LogP contribution in [0.2, 0.25) is 5.02 Å². The monoisotopic (exact) mass is 378 g/mol. The van der Waals surface area contributed by atoms with Crippen molar-refractivity contribution in [1.29, 1.82) is 0 Å². The van der Waals surface area contributed by atoms with Gasteiger partial charge in [0.05, 0.1) is 6.10 Å². The van der Waals surface area contributed by atoms with E-state index >= 15 is 0 Å². The Morgan fingerprint density at radius 1 is 1.19 bits per heavy atom. The molecule has 0 saturated carbocycles. The van der Waals surface area contributed by atoms with Gasteiger partial charge in [-0.05, 0) is 62.2 Å². The molecule has 0 aromatic heterocycles. The Balaban J connectivity index is 1.71. The number of halogens is 1. The van der Waals surface area contributed by atoms with E-state index in [0.29, 0.717) is 17.4 Å². The highest BCUT2D eigenvalue weighted by atomic mass is 35.5. The van der Waals surface area contributed by atoms with Crippen molar-refractivity contribution in [2.75, 3.05) is 46.4 Å². The van der Waals surface area contributed by atoms with E-state index in [9.17, 15) is 0 Å². The van der Waals surface area contributed by atoms with Gasteiger partial charge in [0.1, 0.15) is 0 Å². The third-order valence-electron chi connectivity index (χ3n) is 6.42. The summed E-state index contributed by atoms with van der Waals surface area (Å²) in [7, 11) is 2.22. The lowest BCUT2D eigenvalue weighted by atomic mass is 9.69. The third-order valence-corrected chi connectivity index (χ3v) is 6.79. The van der Waals surface area contributed by atoms with Crippen LogP contribution in [0.3, 0.4) is 0 Å². The first-order valence-electron chi connectivity index (χ1n) is 10.2. The molecular formula is C22H35ClN2O. The molecule has 4 heteroatoms. The summed E-state index contributed by atoms with van der Waals surface area (Å²) in [5, 5.41) is 0.916. The molecule has 0 amide bonds. The van der Waals surface area contributed by atoms with Crippen LogP contribution in [-0.4, -0.2) is 62.3 Å². The lowest BCUT2D eigenvalue weighted by Crippen LogP contribution is -2.47. The molecule has 1 aromatic carbocycles. The van der Waals surface area contributed by atoms with Crippen LogP contribution in [0.5, 0.6) is 0 Å². The highest BCUT2D eigenvalue weighted by Gasteiger charge is 2.38. The molecule has 146 valence electrons. The van der Waals surface area contributed by atoms with Crippen LogP contribution >= 0.6 is 11.6 Å². The van der Waals surface area contributed by atoms with Gasteiger partial charge in [-0.25, -0.2) is 0 Å². The molecule has 0 N–H and O–H groups in total. The molecule has 0 unspecified atom stereocenters. The second kappa shape index (κ2) is 9.05. The predicted octanol–water partition coefficient (Wildman–Crippen LogP) is 4.34. The number of benzene rings is 1. The molecule has 2 fully saturated rings. The van der Waals surface area contributed by atoms with Crippen LogP contribution in [0.15, 0.2) is 24.3 Å². The molecule has 3 rings (SSSR count). The summed E-state index contributed by atoms with van der Waals surface area (Å²) >= 11 is 6.52. The Bertz CT molecular complexity index is 571. The Hall–Kier alpha value is -0.610. The summed E-state index contributed by atoms with van der Waals surface area (Å²) in [5.41, 5.74) is 1.61.